The number of nitrogens with zero attached hydrogens (tertiary/aromatic N) is 2. The first kappa shape index (κ1) is 11.2. The van der Waals surface area contributed by atoms with Crippen LogP contribution in [0, 0.1) is 0 Å². The third-order valence-electron chi connectivity index (χ3n) is 1.69. The Balaban J connectivity index is 2.49. The fraction of sp³-hybridized carbons (Fsp3) is 0.556. The molecule has 0 saturated heterocycles. The molecule has 1 heterocycles. The predicted molar refractivity (Wildman–Crippen MR) is 56.6 cm³/mol. The Kier molecular flexibility index (Phi) is 4.65. The first-order valence-corrected chi connectivity index (χ1v) is 5.61. The van der Waals surface area contributed by atoms with Crippen LogP contribution in [-0.4, -0.2) is 20.9 Å². The van der Waals surface area contributed by atoms with E-state index in [2.05, 4.69) is 20.9 Å². The van der Waals surface area contributed by atoms with Gasteiger partial charge < -0.3 is 9.30 Å². The number of carbonyl (C=O) groups excluding carboxylic acids is 1. The standard InChI is InChI=1S/C9H13BrN2O2/c1-8(13)14-9-11-5-7-12(9)6-3-2-4-10/h5,7H,2-4,6H2,1H3. The average molecular weight is 261 g/mol. The molecule has 0 fully saturated rings. The van der Waals surface area contributed by atoms with Gasteiger partial charge in [-0.25, -0.2) is 4.98 Å². The summed E-state index contributed by atoms with van der Waals surface area (Å²) in [7, 11) is 0. The number of aromatic nitrogens is 2. The predicted octanol–water partition coefficient (Wildman–Crippen LogP) is 1.98. The summed E-state index contributed by atoms with van der Waals surface area (Å²) in [5, 5.41) is 0.991. The Morgan fingerprint density at radius 1 is 1.64 bits per heavy atom. The van der Waals surface area contributed by atoms with Crippen molar-refractivity contribution in [3.63, 3.8) is 0 Å². The molecule has 78 valence electrons. The molecule has 0 saturated carbocycles. The number of unbranched alkanes of at least 4 members (excludes halogenated alkanes) is 1. The molecular formula is C9H13BrN2O2. The van der Waals surface area contributed by atoms with Crippen LogP contribution in [-0.2, 0) is 11.3 Å². The van der Waals surface area contributed by atoms with Crippen molar-refractivity contribution < 1.29 is 9.53 Å². The molecule has 0 aliphatic carbocycles. The second kappa shape index (κ2) is 5.80. The van der Waals surface area contributed by atoms with Gasteiger partial charge in [-0.3, -0.25) is 4.79 Å². The summed E-state index contributed by atoms with van der Waals surface area (Å²) >= 11 is 3.36. The number of imidazole rings is 1. The van der Waals surface area contributed by atoms with Crippen LogP contribution in [0.15, 0.2) is 12.4 Å². The van der Waals surface area contributed by atoms with Gasteiger partial charge in [0.25, 0.3) is 0 Å². The van der Waals surface area contributed by atoms with Crippen LogP contribution in [0.3, 0.4) is 0 Å². The molecular weight excluding hydrogens is 248 g/mol. The number of carbonyl (C=O) groups is 1. The van der Waals surface area contributed by atoms with Gasteiger partial charge in [0.1, 0.15) is 0 Å². The van der Waals surface area contributed by atoms with Gasteiger partial charge in [0, 0.05) is 31.2 Å². The molecule has 0 spiro atoms. The van der Waals surface area contributed by atoms with Crippen molar-refractivity contribution in [1.82, 2.24) is 9.55 Å². The molecule has 1 rings (SSSR count). The molecule has 0 bridgehead atoms. The van der Waals surface area contributed by atoms with E-state index in [0.29, 0.717) is 6.01 Å². The van der Waals surface area contributed by atoms with E-state index in [1.54, 1.807) is 6.20 Å². The molecule has 0 radical (unpaired) electrons. The summed E-state index contributed by atoms with van der Waals surface area (Å²) in [5.74, 6) is -0.335. The summed E-state index contributed by atoms with van der Waals surface area (Å²) in [6.07, 6.45) is 5.58. The zero-order valence-electron chi connectivity index (χ0n) is 8.07. The van der Waals surface area contributed by atoms with E-state index in [-0.39, 0.29) is 5.97 Å². The van der Waals surface area contributed by atoms with E-state index in [0.717, 1.165) is 24.7 Å². The highest BCUT2D eigenvalue weighted by atomic mass is 79.9. The van der Waals surface area contributed by atoms with Crippen LogP contribution < -0.4 is 4.74 Å². The highest BCUT2D eigenvalue weighted by Crippen LogP contribution is 2.09. The van der Waals surface area contributed by atoms with Gasteiger partial charge in [0.05, 0.1) is 0 Å². The maximum atomic E-state index is 10.7. The topological polar surface area (TPSA) is 44.1 Å². The Morgan fingerprint density at radius 2 is 2.43 bits per heavy atom. The second-order valence-corrected chi connectivity index (χ2v) is 3.69. The van der Waals surface area contributed by atoms with Crippen LogP contribution in [0.1, 0.15) is 19.8 Å². The quantitative estimate of drug-likeness (QED) is 0.462. The van der Waals surface area contributed by atoms with E-state index < -0.39 is 0 Å². The number of ether oxygens (including phenoxy) is 1. The van der Waals surface area contributed by atoms with Crippen molar-refractivity contribution in [2.45, 2.75) is 26.3 Å². The highest BCUT2D eigenvalue weighted by molar-refractivity contribution is 9.09. The van der Waals surface area contributed by atoms with Gasteiger partial charge in [-0.1, -0.05) is 15.9 Å². The number of esters is 1. The molecule has 0 aromatic carbocycles. The monoisotopic (exact) mass is 260 g/mol. The molecule has 0 aliphatic rings. The summed E-state index contributed by atoms with van der Waals surface area (Å²) in [5.41, 5.74) is 0. The van der Waals surface area contributed by atoms with Crippen molar-refractivity contribution in [2.75, 3.05) is 5.33 Å². The van der Waals surface area contributed by atoms with Crippen LogP contribution in [0.2, 0.25) is 0 Å². The lowest BCUT2D eigenvalue weighted by molar-refractivity contribution is -0.132. The number of rotatable bonds is 5. The zero-order chi connectivity index (χ0) is 10.4. The zero-order valence-corrected chi connectivity index (χ0v) is 9.66. The molecule has 5 heteroatoms. The number of hydrogen-bond acceptors (Lipinski definition) is 3. The molecule has 4 nitrogen and oxygen atoms in total. The third-order valence-corrected chi connectivity index (χ3v) is 2.26. The fourth-order valence-corrected chi connectivity index (χ4v) is 1.47. The Hall–Kier alpha value is -0.840. The van der Waals surface area contributed by atoms with Gasteiger partial charge in [0.15, 0.2) is 0 Å². The molecule has 0 aliphatic heterocycles. The third kappa shape index (κ3) is 3.49. The first-order chi connectivity index (χ1) is 6.74. The van der Waals surface area contributed by atoms with Crippen molar-refractivity contribution in [3.8, 4) is 6.01 Å². The maximum absolute atomic E-state index is 10.7. The van der Waals surface area contributed by atoms with Gasteiger partial charge in [-0.05, 0) is 12.8 Å². The van der Waals surface area contributed by atoms with Crippen LogP contribution in [0.4, 0.5) is 0 Å². The van der Waals surface area contributed by atoms with Gasteiger partial charge in [-0.2, -0.15) is 0 Å². The fourth-order valence-electron chi connectivity index (χ4n) is 1.08. The van der Waals surface area contributed by atoms with Crippen LogP contribution in [0.25, 0.3) is 0 Å². The first-order valence-electron chi connectivity index (χ1n) is 4.49. The lowest BCUT2D eigenvalue weighted by Gasteiger charge is -2.05. The Bertz CT molecular complexity index is 299. The molecule has 0 N–H and O–H groups in total. The molecule has 0 amide bonds. The van der Waals surface area contributed by atoms with Gasteiger partial charge >= 0.3 is 12.0 Å². The SMILES string of the molecule is CC(=O)Oc1nccn1CCCCBr. The normalized spacial score (nSPS) is 10.1. The van der Waals surface area contributed by atoms with E-state index in [1.165, 1.54) is 6.92 Å². The van der Waals surface area contributed by atoms with Crippen molar-refractivity contribution in [3.05, 3.63) is 12.4 Å². The molecule has 0 unspecified atom stereocenters. The summed E-state index contributed by atoms with van der Waals surface area (Å²) in [4.78, 5) is 14.7. The lowest BCUT2D eigenvalue weighted by atomic mass is 10.3. The summed E-state index contributed by atoms with van der Waals surface area (Å²) in [6.45, 7) is 2.20. The maximum Gasteiger partial charge on any atom is 0.310 e. The van der Waals surface area contributed by atoms with Gasteiger partial charge in [0.2, 0.25) is 0 Å². The largest absolute Gasteiger partial charge is 0.392 e. The summed E-state index contributed by atoms with van der Waals surface area (Å²) in [6, 6.07) is 0.382. The van der Waals surface area contributed by atoms with E-state index >= 15 is 0 Å². The minimum absolute atomic E-state index is 0.335. The molecule has 1 aromatic rings. The molecule has 0 atom stereocenters. The Labute approximate surface area is 91.4 Å². The Morgan fingerprint density at radius 3 is 3.07 bits per heavy atom. The van der Waals surface area contributed by atoms with Crippen molar-refractivity contribution in [1.29, 1.82) is 0 Å². The van der Waals surface area contributed by atoms with E-state index in [4.69, 9.17) is 4.74 Å². The minimum atomic E-state index is -0.335. The van der Waals surface area contributed by atoms with E-state index in [9.17, 15) is 4.79 Å². The highest BCUT2D eigenvalue weighted by Gasteiger charge is 2.05. The second-order valence-electron chi connectivity index (χ2n) is 2.89. The minimum Gasteiger partial charge on any atom is -0.392 e. The van der Waals surface area contributed by atoms with Crippen molar-refractivity contribution in [2.24, 2.45) is 0 Å². The van der Waals surface area contributed by atoms with Gasteiger partial charge in [-0.15, -0.1) is 0 Å². The van der Waals surface area contributed by atoms with Crippen LogP contribution >= 0.6 is 15.9 Å². The van der Waals surface area contributed by atoms with E-state index in [1.807, 2.05) is 10.8 Å². The number of halogens is 1. The number of hydrogen-bond donors (Lipinski definition) is 0. The molecule has 1 aromatic heterocycles. The number of alkyl halides is 1. The smallest absolute Gasteiger partial charge is 0.310 e. The average Bonchev–Trinajstić information content (AvgIpc) is 2.52. The number of aryl methyl sites for hydroxylation is 1. The van der Waals surface area contributed by atoms with Crippen molar-refractivity contribution >= 4 is 21.9 Å². The lowest BCUT2D eigenvalue weighted by Crippen LogP contribution is -2.08. The van der Waals surface area contributed by atoms with Crippen LogP contribution in [0.5, 0.6) is 6.01 Å². The molecule has 14 heavy (non-hydrogen) atoms. The summed E-state index contributed by atoms with van der Waals surface area (Å²) < 4.78 is 6.75.